The zero-order valence-corrected chi connectivity index (χ0v) is 36.9. The van der Waals surface area contributed by atoms with E-state index in [0.717, 1.165) is 51.2 Å². The van der Waals surface area contributed by atoms with Gasteiger partial charge in [-0.25, -0.2) is 0 Å². The molecule has 0 saturated heterocycles. The van der Waals surface area contributed by atoms with Crippen molar-refractivity contribution in [2.45, 2.75) is 5.41 Å². The fourth-order valence-electron chi connectivity index (χ4n) is 11.4. The van der Waals surface area contributed by atoms with Crippen LogP contribution in [0, 0.1) is 0 Å². The lowest BCUT2D eigenvalue weighted by Crippen LogP contribution is -2.26. The zero-order valence-electron chi connectivity index (χ0n) is 36.9. The van der Waals surface area contributed by atoms with Gasteiger partial charge in [0.05, 0.1) is 16.4 Å². The molecule has 318 valence electrons. The maximum atomic E-state index is 4.84. The normalized spacial score (nSPS) is 12.8. The highest BCUT2D eigenvalue weighted by Gasteiger charge is 2.51. The zero-order chi connectivity index (χ0) is 44.8. The Hall–Kier alpha value is -9.06. The van der Waals surface area contributed by atoms with Gasteiger partial charge in [0.2, 0.25) is 0 Å². The minimum Gasteiger partial charge on any atom is -0.310 e. The molecule has 0 unspecified atom stereocenters. The standard InChI is InChI=1S/C63H41N5/c1-3-17-42(18-4-1)61-64-65-62(68(61)44-19-5-2-6-20-44)43-31-33-45(34-32-43)66(46-35-37-47(38-36-46)67-59-29-15-10-24-53(59)54-25-11-16-30-60(54)67)48-39-40-52-51-23-9-14-28-57(51)63(58(52)41-48)55-26-12-7-21-49(55)50-22-8-13-27-56(50)63/h1-41H. The van der Waals surface area contributed by atoms with Gasteiger partial charge in [0.15, 0.2) is 11.6 Å². The highest BCUT2D eigenvalue weighted by molar-refractivity contribution is 6.09. The summed E-state index contributed by atoms with van der Waals surface area (Å²) >= 11 is 0. The molecule has 5 heteroatoms. The van der Waals surface area contributed by atoms with Crippen LogP contribution >= 0.6 is 0 Å². The van der Waals surface area contributed by atoms with Crippen molar-refractivity contribution in [1.82, 2.24) is 19.3 Å². The van der Waals surface area contributed by atoms with E-state index in [-0.39, 0.29) is 0 Å². The van der Waals surface area contributed by atoms with Gasteiger partial charge in [-0.05, 0) is 129 Å². The number of para-hydroxylation sites is 3. The highest BCUT2D eigenvalue weighted by atomic mass is 15.3. The summed E-state index contributed by atoms with van der Waals surface area (Å²) in [5.74, 6) is 1.57. The van der Waals surface area contributed by atoms with Crippen LogP contribution in [-0.4, -0.2) is 19.3 Å². The van der Waals surface area contributed by atoms with E-state index in [9.17, 15) is 0 Å². The van der Waals surface area contributed by atoms with Crippen LogP contribution in [0.2, 0.25) is 0 Å². The second kappa shape index (κ2) is 15.0. The number of hydrogen-bond donors (Lipinski definition) is 0. The molecule has 0 amide bonds. The van der Waals surface area contributed by atoms with Crippen molar-refractivity contribution >= 4 is 38.9 Å². The number of hydrogen-bond acceptors (Lipinski definition) is 3. The molecule has 68 heavy (non-hydrogen) atoms. The molecule has 2 heterocycles. The molecule has 5 nitrogen and oxygen atoms in total. The average Bonchev–Trinajstić information content (AvgIpc) is 4.16. The Balaban J connectivity index is 0.956. The first kappa shape index (κ1) is 38.2. The number of aromatic nitrogens is 4. The fourth-order valence-corrected chi connectivity index (χ4v) is 11.4. The van der Waals surface area contributed by atoms with E-state index in [2.05, 4.69) is 238 Å². The van der Waals surface area contributed by atoms with Crippen molar-refractivity contribution in [3.63, 3.8) is 0 Å². The van der Waals surface area contributed by atoms with Crippen LogP contribution in [0.3, 0.4) is 0 Å². The largest absolute Gasteiger partial charge is 0.310 e. The Morgan fingerprint density at radius 2 is 0.721 bits per heavy atom. The Bertz CT molecular complexity index is 3790. The van der Waals surface area contributed by atoms with Crippen molar-refractivity contribution in [3.8, 4) is 56.4 Å². The van der Waals surface area contributed by atoms with Crippen LogP contribution < -0.4 is 4.90 Å². The number of anilines is 3. The molecule has 0 aliphatic heterocycles. The summed E-state index contributed by atoms with van der Waals surface area (Å²) in [5, 5.41) is 12.1. The molecule has 0 fully saturated rings. The highest BCUT2D eigenvalue weighted by Crippen LogP contribution is 2.63. The van der Waals surface area contributed by atoms with Crippen molar-refractivity contribution in [2.24, 2.45) is 0 Å². The lowest BCUT2D eigenvalue weighted by molar-refractivity contribution is 0.793. The van der Waals surface area contributed by atoms with E-state index in [1.54, 1.807) is 0 Å². The van der Waals surface area contributed by atoms with Gasteiger partial charge >= 0.3 is 0 Å². The van der Waals surface area contributed by atoms with Crippen molar-refractivity contribution < 1.29 is 0 Å². The maximum absolute atomic E-state index is 4.84. The SMILES string of the molecule is c1ccc(-c2nnc(-c3ccc(N(c4ccc(-n5c6ccccc6c6ccccc65)cc4)c4ccc5c(c4)C4(c6ccccc6-c6ccccc64)c4ccccc4-5)cc3)n2-c2ccccc2)cc1. The Labute approximate surface area is 394 Å². The topological polar surface area (TPSA) is 38.9 Å². The van der Waals surface area contributed by atoms with Crippen molar-refractivity contribution in [1.29, 1.82) is 0 Å². The van der Waals surface area contributed by atoms with Gasteiger partial charge < -0.3 is 9.47 Å². The molecule has 14 rings (SSSR count). The third-order valence-electron chi connectivity index (χ3n) is 14.3. The summed E-state index contributed by atoms with van der Waals surface area (Å²) in [6, 6.07) is 90.1. The van der Waals surface area contributed by atoms with Crippen LogP contribution in [0.5, 0.6) is 0 Å². The van der Waals surface area contributed by atoms with Crippen LogP contribution in [0.1, 0.15) is 22.3 Å². The minimum atomic E-state index is -0.469. The van der Waals surface area contributed by atoms with Crippen LogP contribution in [0.4, 0.5) is 17.1 Å². The van der Waals surface area contributed by atoms with Crippen molar-refractivity contribution in [2.75, 3.05) is 4.90 Å². The molecule has 1 spiro atoms. The van der Waals surface area contributed by atoms with Gasteiger partial charge in [0.1, 0.15) is 0 Å². The third-order valence-corrected chi connectivity index (χ3v) is 14.3. The summed E-state index contributed by atoms with van der Waals surface area (Å²) in [7, 11) is 0. The van der Waals surface area contributed by atoms with E-state index in [1.807, 2.05) is 24.3 Å². The molecular formula is C63H41N5. The summed E-state index contributed by atoms with van der Waals surface area (Å²) < 4.78 is 4.54. The third kappa shape index (κ3) is 5.50. The van der Waals surface area contributed by atoms with Gasteiger partial charge in [0.25, 0.3) is 0 Å². The quantitative estimate of drug-likeness (QED) is 0.160. The predicted octanol–water partition coefficient (Wildman–Crippen LogP) is 15.5. The Morgan fingerprint density at radius 3 is 1.28 bits per heavy atom. The molecular weight excluding hydrogens is 827 g/mol. The Morgan fingerprint density at radius 1 is 0.309 bits per heavy atom. The summed E-state index contributed by atoms with van der Waals surface area (Å²) in [4.78, 5) is 2.40. The number of rotatable bonds is 7. The molecule has 10 aromatic carbocycles. The van der Waals surface area contributed by atoms with E-state index >= 15 is 0 Å². The molecule has 2 aromatic heterocycles. The maximum Gasteiger partial charge on any atom is 0.168 e. The lowest BCUT2D eigenvalue weighted by atomic mass is 9.70. The summed E-state index contributed by atoms with van der Waals surface area (Å²) in [6.45, 7) is 0. The molecule has 0 saturated carbocycles. The molecule has 0 radical (unpaired) electrons. The first-order valence-corrected chi connectivity index (χ1v) is 23.2. The smallest absolute Gasteiger partial charge is 0.168 e. The van der Waals surface area contributed by atoms with Crippen molar-refractivity contribution in [3.05, 3.63) is 271 Å². The molecule has 12 aromatic rings. The van der Waals surface area contributed by atoms with Gasteiger partial charge in [-0.3, -0.25) is 4.57 Å². The second-order valence-corrected chi connectivity index (χ2v) is 17.8. The molecule has 0 bridgehead atoms. The average molecular weight is 868 g/mol. The monoisotopic (exact) mass is 867 g/mol. The van der Waals surface area contributed by atoms with E-state index < -0.39 is 5.41 Å². The molecule has 0 N–H and O–H groups in total. The van der Waals surface area contributed by atoms with Gasteiger partial charge in [-0.2, -0.15) is 0 Å². The van der Waals surface area contributed by atoms with Gasteiger partial charge in [-0.1, -0.05) is 164 Å². The fraction of sp³-hybridized carbons (Fsp3) is 0.0159. The first-order valence-electron chi connectivity index (χ1n) is 23.2. The van der Waals surface area contributed by atoms with Crippen LogP contribution in [0.15, 0.2) is 249 Å². The van der Waals surface area contributed by atoms with E-state index in [1.165, 1.54) is 66.3 Å². The summed E-state index contributed by atoms with van der Waals surface area (Å²) in [6.07, 6.45) is 0. The summed E-state index contributed by atoms with van der Waals surface area (Å²) in [5.41, 5.74) is 19.6. The second-order valence-electron chi connectivity index (χ2n) is 17.8. The molecule has 2 aliphatic rings. The lowest BCUT2D eigenvalue weighted by Gasteiger charge is -2.32. The molecule has 2 aliphatic carbocycles. The number of nitrogens with zero attached hydrogens (tertiary/aromatic N) is 5. The Kier molecular flexibility index (Phi) is 8.43. The minimum absolute atomic E-state index is 0.469. The van der Waals surface area contributed by atoms with E-state index in [4.69, 9.17) is 10.2 Å². The van der Waals surface area contributed by atoms with E-state index in [0.29, 0.717) is 0 Å². The molecule has 0 atom stereocenters. The number of benzene rings is 10. The van der Waals surface area contributed by atoms with Gasteiger partial charge in [-0.15, -0.1) is 10.2 Å². The van der Waals surface area contributed by atoms with Gasteiger partial charge in [0, 0.05) is 50.3 Å². The first-order chi connectivity index (χ1) is 33.8. The number of fused-ring (bicyclic) bond motifs is 13. The van der Waals surface area contributed by atoms with Crippen LogP contribution in [-0.2, 0) is 5.41 Å². The predicted molar refractivity (Wildman–Crippen MR) is 278 cm³/mol. The van der Waals surface area contributed by atoms with Crippen LogP contribution in [0.25, 0.3) is 78.2 Å².